The Labute approximate surface area is 186 Å². The van der Waals surface area contributed by atoms with Crippen molar-refractivity contribution in [2.24, 2.45) is 0 Å². The molecular formula is C20H22Cl2N2O5S. The maximum Gasteiger partial charge on any atom is 0.306 e. The first-order valence-corrected chi connectivity index (χ1v) is 11.6. The molecule has 0 spiro atoms. The summed E-state index contributed by atoms with van der Waals surface area (Å²) in [4.78, 5) is 15.7. The van der Waals surface area contributed by atoms with Gasteiger partial charge in [0.15, 0.2) is 0 Å². The maximum atomic E-state index is 12.9. The van der Waals surface area contributed by atoms with Crippen LogP contribution >= 0.6 is 23.2 Å². The van der Waals surface area contributed by atoms with Crippen molar-refractivity contribution in [3.63, 3.8) is 0 Å². The maximum absolute atomic E-state index is 12.9. The Balaban J connectivity index is 1.78. The largest absolute Gasteiger partial charge is 0.466 e. The van der Waals surface area contributed by atoms with Gasteiger partial charge in [0.1, 0.15) is 4.90 Å². The number of halogens is 2. The molecule has 0 amide bonds. The number of ether oxygens (including phenoxy) is 2. The molecular weight excluding hydrogens is 451 g/mol. The van der Waals surface area contributed by atoms with Gasteiger partial charge in [0.25, 0.3) is 0 Å². The number of pyridine rings is 1. The van der Waals surface area contributed by atoms with Crippen molar-refractivity contribution in [2.75, 3.05) is 26.8 Å². The number of epoxide rings is 1. The number of hydrogen-bond donors (Lipinski definition) is 0. The average molecular weight is 473 g/mol. The van der Waals surface area contributed by atoms with E-state index in [4.69, 9.17) is 32.7 Å². The van der Waals surface area contributed by atoms with Crippen molar-refractivity contribution in [3.05, 3.63) is 46.2 Å². The molecule has 0 bridgehead atoms. The Morgan fingerprint density at radius 2 is 1.93 bits per heavy atom. The molecule has 0 saturated carbocycles. The van der Waals surface area contributed by atoms with E-state index in [-0.39, 0.29) is 40.0 Å². The smallest absolute Gasteiger partial charge is 0.306 e. The topological polar surface area (TPSA) is 89.1 Å². The second-order valence-electron chi connectivity index (χ2n) is 6.85. The molecule has 7 nitrogen and oxygen atoms in total. The van der Waals surface area contributed by atoms with E-state index in [1.54, 1.807) is 31.3 Å². The quantitative estimate of drug-likeness (QED) is 0.409. The number of hydrogen-bond acceptors (Lipinski definition) is 6. The van der Waals surface area contributed by atoms with Crippen molar-refractivity contribution in [1.82, 2.24) is 9.29 Å². The summed E-state index contributed by atoms with van der Waals surface area (Å²) in [6.07, 6.45) is 2.27. The Morgan fingerprint density at radius 3 is 2.47 bits per heavy atom. The fourth-order valence-electron chi connectivity index (χ4n) is 2.89. The SMILES string of the molecule is CCOC(=O)CCc1ccc(-c2cc(Cl)c(S(=O)(=O)N(C)CC3CO3)c(Cl)c2)cn1. The normalized spacial score (nSPS) is 16.0. The van der Waals surface area contributed by atoms with E-state index < -0.39 is 10.0 Å². The third kappa shape index (κ3) is 5.50. The molecule has 1 unspecified atom stereocenters. The highest BCUT2D eigenvalue weighted by Gasteiger charge is 2.32. The molecule has 2 aromatic rings. The number of esters is 1. The Morgan fingerprint density at radius 1 is 1.27 bits per heavy atom. The molecule has 0 radical (unpaired) electrons. The minimum absolute atomic E-state index is 0.0347. The highest BCUT2D eigenvalue weighted by atomic mass is 35.5. The minimum Gasteiger partial charge on any atom is -0.466 e. The summed E-state index contributed by atoms with van der Waals surface area (Å²) >= 11 is 12.6. The standard InChI is InChI=1S/C20H22Cl2N2O5S/c1-3-28-19(25)7-6-15-5-4-13(10-23-15)14-8-17(21)20(18(22)9-14)30(26,27)24(2)11-16-12-29-16/h4-5,8-10,16H,3,6-7,11-12H2,1-2H3. The number of benzene rings is 1. The lowest BCUT2D eigenvalue weighted by Crippen LogP contribution is -2.31. The van der Waals surface area contributed by atoms with Gasteiger partial charge in [-0.1, -0.05) is 29.3 Å². The minimum atomic E-state index is -3.85. The molecule has 1 saturated heterocycles. The van der Waals surface area contributed by atoms with Crippen LogP contribution in [0.3, 0.4) is 0 Å². The first-order valence-electron chi connectivity index (χ1n) is 9.40. The number of carbonyl (C=O) groups excluding carboxylic acids is 1. The Bertz CT molecular complexity index is 1000. The van der Waals surface area contributed by atoms with Gasteiger partial charge in [0.2, 0.25) is 10.0 Å². The Hall–Kier alpha value is -1.71. The van der Waals surface area contributed by atoms with Gasteiger partial charge >= 0.3 is 5.97 Å². The summed E-state index contributed by atoms with van der Waals surface area (Å²) in [5.74, 6) is -0.267. The van der Waals surface area contributed by atoms with Crippen LogP contribution in [-0.4, -0.2) is 56.6 Å². The van der Waals surface area contributed by atoms with Crippen LogP contribution in [0.15, 0.2) is 35.4 Å². The number of likely N-dealkylation sites (N-methyl/N-ethyl adjacent to an activating group) is 1. The molecule has 1 aliphatic rings. The highest BCUT2D eigenvalue weighted by molar-refractivity contribution is 7.89. The fourth-order valence-corrected chi connectivity index (χ4v) is 5.25. The molecule has 3 rings (SSSR count). The van der Waals surface area contributed by atoms with E-state index in [9.17, 15) is 13.2 Å². The van der Waals surface area contributed by atoms with Gasteiger partial charge in [-0.05, 0) is 30.7 Å². The van der Waals surface area contributed by atoms with Crippen molar-refractivity contribution in [2.45, 2.75) is 30.8 Å². The lowest BCUT2D eigenvalue weighted by molar-refractivity contribution is -0.143. The summed E-state index contributed by atoms with van der Waals surface area (Å²) < 4.78 is 36.9. The van der Waals surface area contributed by atoms with Crippen molar-refractivity contribution < 1.29 is 22.7 Å². The van der Waals surface area contributed by atoms with Gasteiger partial charge < -0.3 is 9.47 Å². The van der Waals surface area contributed by atoms with Crippen LogP contribution < -0.4 is 0 Å². The van der Waals surface area contributed by atoms with Gasteiger partial charge in [-0.3, -0.25) is 9.78 Å². The number of aromatic nitrogens is 1. The first-order chi connectivity index (χ1) is 14.2. The predicted molar refractivity (Wildman–Crippen MR) is 114 cm³/mol. The second-order valence-corrected chi connectivity index (χ2v) is 9.65. The molecule has 1 aromatic heterocycles. The van der Waals surface area contributed by atoms with E-state index in [1.807, 2.05) is 6.07 Å². The van der Waals surface area contributed by atoms with E-state index in [2.05, 4.69) is 4.98 Å². The van der Waals surface area contributed by atoms with Gasteiger partial charge in [-0.25, -0.2) is 8.42 Å². The molecule has 2 heterocycles. The summed E-state index contributed by atoms with van der Waals surface area (Å²) in [6, 6.07) is 6.72. The van der Waals surface area contributed by atoms with Crippen molar-refractivity contribution >= 4 is 39.2 Å². The third-order valence-corrected chi connectivity index (χ3v) is 7.32. The number of rotatable bonds is 9. The molecule has 30 heavy (non-hydrogen) atoms. The molecule has 0 N–H and O–H groups in total. The van der Waals surface area contributed by atoms with Crippen LogP contribution in [0.4, 0.5) is 0 Å². The Kier molecular flexibility index (Phi) is 7.36. The van der Waals surface area contributed by atoms with Crippen LogP contribution in [0.5, 0.6) is 0 Å². The lowest BCUT2D eigenvalue weighted by Gasteiger charge is -2.18. The predicted octanol–water partition coefficient (Wildman–Crippen LogP) is 3.57. The monoisotopic (exact) mass is 472 g/mol. The van der Waals surface area contributed by atoms with Gasteiger partial charge in [-0.2, -0.15) is 4.31 Å². The molecule has 1 atom stereocenters. The lowest BCUT2D eigenvalue weighted by atomic mass is 10.1. The first kappa shape index (κ1) is 23.0. The number of sulfonamides is 1. The second kappa shape index (κ2) is 9.62. The van der Waals surface area contributed by atoms with Crippen molar-refractivity contribution in [3.8, 4) is 11.1 Å². The summed E-state index contributed by atoms with van der Waals surface area (Å²) in [6.45, 7) is 2.90. The van der Waals surface area contributed by atoms with Crippen molar-refractivity contribution in [1.29, 1.82) is 0 Å². The average Bonchev–Trinajstić information content (AvgIpc) is 3.50. The van der Waals surface area contributed by atoms with Crippen LogP contribution in [0.1, 0.15) is 19.0 Å². The van der Waals surface area contributed by atoms with Crippen LogP contribution in [0, 0.1) is 0 Å². The number of aryl methyl sites for hydroxylation is 1. The van der Waals surface area contributed by atoms with E-state index in [0.29, 0.717) is 25.2 Å². The van der Waals surface area contributed by atoms with Gasteiger partial charge in [-0.15, -0.1) is 0 Å². The molecule has 1 aliphatic heterocycles. The van der Waals surface area contributed by atoms with Crippen LogP contribution in [0.25, 0.3) is 11.1 Å². The zero-order valence-corrected chi connectivity index (χ0v) is 18.9. The highest BCUT2D eigenvalue weighted by Crippen LogP contribution is 2.36. The molecule has 1 aromatic carbocycles. The summed E-state index contributed by atoms with van der Waals surface area (Å²) in [5, 5.41) is 0.0694. The number of carbonyl (C=O) groups is 1. The summed E-state index contributed by atoms with van der Waals surface area (Å²) in [7, 11) is -2.38. The van der Waals surface area contributed by atoms with Crippen LogP contribution in [-0.2, 0) is 30.7 Å². The number of nitrogens with zero attached hydrogens (tertiary/aromatic N) is 2. The molecule has 162 valence electrons. The van der Waals surface area contributed by atoms with Crippen LogP contribution in [0.2, 0.25) is 10.0 Å². The molecule has 1 fully saturated rings. The molecule has 0 aliphatic carbocycles. The van der Waals surface area contributed by atoms with Gasteiger partial charge in [0.05, 0.1) is 35.8 Å². The zero-order chi connectivity index (χ0) is 21.9. The van der Waals surface area contributed by atoms with E-state index in [1.165, 1.54) is 11.4 Å². The van der Waals surface area contributed by atoms with Gasteiger partial charge in [0, 0.05) is 37.5 Å². The van der Waals surface area contributed by atoms with E-state index >= 15 is 0 Å². The van der Waals surface area contributed by atoms with E-state index in [0.717, 1.165) is 11.3 Å². The zero-order valence-electron chi connectivity index (χ0n) is 16.6. The molecule has 10 heteroatoms. The third-order valence-electron chi connectivity index (χ3n) is 4.58. The fraction of sp³-hybridized carbons (Fsp3) is 0.400. The summed E-state index contributed by atoms with van der Waals surface area (Å²) in [5.41, 5.74) is 2.11.